The summed E-state index contributed by atoms with van der Waals surface area (Å²) in [5.74, 6) is 1.23. The van der Waals surface area contributed by atoms with E-state index in [2.05, 4.69) is 66.0 Å². The summed E-state index contributed by atoms with van der Waals surface area (Å²) in [5.41, 5.74) is 15.0. The predicted octanol–water partition coefficient (Wildman–Crippen LogP) is 6.81. The normalized spacial score (nSPS) is 13.1. The fourth-order valence-electron chi connectivity index (χ4n) is 5.41. The van der Waals surface area contributed by atoms with Gasteiger partial charge in [0.05, 0.1) is 17.5 Å². The molecule has 5 rings (SSSR count). The lowest BCUT2D eigenvalue weighted by Gasteiger charge is -2.31. The zero-order valence-corrected chi connectivity index (χ0v) is 23.4. The van der Waals surface area contributed by atoms with Crippen molar-refractivity contribution in [2.45, 2.75) is 59.6 Å². The van der Waals surface area contributed by atoms with Gasteiger partial charge in [0.2, 0.25) is 0 Å². The Morgan fingerprint density at radius 2 is 1.74 bits per heavy atom. The first-order valence-corrected chi connectivity index (χ1v) is 13.6. The maximum absolute atomic E-state index is 11.4. The molecule has 39 heavy (non-hydrogen) atoms. The molecule has 0 spiro atoms. The van der Waals surface area contributed by atoms with Gasteiger partial charge in [0.25, 0.3) is 0 Å². The molecule has 2 amide bonds. The summed E-state index contributed by atoms with van der Waals surface area (Å²) in [4.78, 5) is 13.9. The summed E-state index contributed by atoms with van der Waals surface area (Å²) in [6.07, 6.45) is 0.872. The van der Waals surface area contributed by atoms with Gasteiger partial charge in [0.15, 0.2) is 0 Å². The van der Waals surface area contributed by atoms with Gasteiger partial charge in [0.1, 0.15) is 11.4 Å². The average Bonchev–Trinajstić information content (AvgIpc) is 3.26. The number of hydrogen-bond acceptors (Lipinski definition) is 4. The molecule has 202 valence electrons. The lowest BCUT2D eigenvalue weighted by molar-refractivity contribution is 0.241. The quantitative estimate of drug-likeness (QED) is 0.279. The minimum absolute atomic E-state index is 0.0290. The van der Waals surface area contributed by atoms with E-state index in [1.807, 2.05) is 50.2 Å². The summed E-state index contributed by atoms with van der Waals surface area (Å²) in [7, 11) is 0. The van der Waals surface area contributed by atoms with Crippen molar-refractivity contribution in [3.05, 3.63) is 89.1 Å². The van der Waals surface area contributed by atoms with Crippen LogP contribution in [0, 0.1) is 6.92 Å². The number of urea groups is 1. The van der Waals surface area contributed by atoms with Crippen molar-refractivity contribution in [1.29, 1.82) is 0 Å². The van der Waals surface area contributed by atoms with Crippen LogP contribution in [0.25, 0.3) is 16.9 Å². The highest BCUT2D eigenvalue weighted by Crippen LogP contribution is 2.39. The van der Waals surface area contributed by atoms with Crippen LogP contribution in [-0.2, 0) is 13.0 Å². The van der Waals surface area contributed by atoms with Gasteiger partial charge in [-0.2, -0.15) is 5.10 Å². The fraction of sp³-hybridized carbons (Fsp3) is 0.312. The summed E-state index contributed by atoms with van der Waals surface area (Å²) in [6.45, 7) is 12.3. The van der Waals surface area contributed by atoms with Gasteiger partial charge in [-0.3, -0.25) is 0 Å². The van der Waals surface area contributed by atoms with Crippen LogP contribution in [-0.4, -0.2) is 28.5 Å². The third-order valence-corrected chi connectivity index (χ3v) is 7.13. The van der Waals surface area contributed by atoms with Crippen molar-refractivity contribution in [3.63, 3.8) is 0 Å². The number of benzene rings is 3. The highest BCUT2D eigenvalue weighted by molar-refractivity contribution is 5.88. The van der Waals surface area contributed by atoms with E-state index in [9.17, 15) is 4.79 Å². The molecule has 3 aromatic carbocycles. The summed E-state index contributed by atoms with van der Waals surface area (Å²) in [6, 6.07) is 22.0. The number of nitrogens with one attached hydrogen (secondary N) is 1. The van der Waals surface area contributed by atoms with Crippen molar-refractivity contribution >= 4 is 17.4 Å². The Kier molecular flexibility index (Phi) is 7.33. The highest BCUT2D eigenvalue weighted by Gasteiger charge is 2.29. The Bertz CT molecular complexity index is 1490. The number of primary amides is 1. The number of nitrogens with two attached hydrogens (primary N) is 1. The number of amides is 2. The van der Waals surface area contributed by atoms with Crippen LogP contribution in [0.1, 0.15) is 56.0 Å². The van der Waals surface area contributed by atoms with E-state index in [1.165, 1.54) is 16.8 Å². The topological polar surface area (TPSA) is 85.4 Å². The molecule has 4 aromatic rings. The lowest BCUT2D eigenvalue weighted by atomic mass is 9.96. The van der Waals surface area contributed by atoms with Crippen molar-refractivity contribution < 1.29 is 9.53 Å². The van der Waals surface area contributed by atoms with E-state index in [1.54, 1.807) is 0 Å². The monoisotopic (exact) mass is 523 g/mol. The SMILES string of the molecule is Cc1cccc(OC(C)C)c1-n1nc2c(c1-c1ccc(NC(N)=O)cc1)CN(c1ccccc1C(C)C)CC2. The van der Waals surface area contributed by atoms with Crippen LogP contribution in [0.15, 0.2) is 66.7 Å². The van der Waals surface area contributed by atoms with Gasteiger partial charge in [0, 0.05) is 42.0 Å². The molecule has 0 bridgehead atoms. The molecular weight excluding hydrogens is 486 g/mol. The van der Waals surface area contributed by atoms with Gasteiger partial charge >= 0.3 is 6.03 Å². The Balaban J connectivity index is 1.67. The molecule has 0 saturated carbocycles. The van der Waals surface area contributed by atoms with Crippen LogP contribution < -0.4 is 20.7 Å². The Labute approximate surface area is 230 Å². The van der Waals surface area contributed by atoms with E-state index in [4.69, 9.17) is 15.6 Å². The van der Waals surface area contributed by atoms with Crippen molar-refractivity contribution in [3.8, 4) is 22.7 Å². The van der Waals surface area contributed by atoms with Gasteiger partial charge < -0.3 is 20.7 Å². The summed E-state index contributed by atoms with van der Waals surface area (Å²) < 4.78 is 8.33. The van der Waals surface area contributed by atoms with E-state index in [-0.39, 0.29) is 6.10 Å². The molecule has 2 heterocycles. The first-order chi connectivity index (χ1) is 18.7. The molecule has 0 radical (unpaired) electrons. The average molecular weight is 524 g/mol. The first kappa shape index (κ1) is 26.4. The van der Waals surface area contributed by atoms with Gasteiger partial charge in [-0.15, -0.1) is 0 Å². The van der Waals surface area contributed by atoms with Crippen LogP contribution in [0.3, 0.4) is 0 Å². The number of para-hydroxylation sites is 2. The van der Waals surface area contributed by atoms with Gasteiger partial charge in [-0.05, 0) is 62.1 Å². The van der Waals surface area contributed by atoms with Crippen molar-refractivity contribution in [2.75, 3.05) is 16.8 Å². The van der Waals surface area contributed by atoms with Crippen molar-refractivity contribution in [2.24, 2.45) is 5.73 Å². The molecule has 7 nitrogen and oxygen atoms in total. The predicted molar refractivity (Wildman–Crippen MR) is 158 cm³/mol. The van der Waals surface area contributed by atoms with E-state index in [0.717, 1.165) is 53.5 Å². The molecular formula is C32H37N5O2. The third-order valence-electron chi connectivity index (χ3n) is 7.13. The summed E-state index contributed by atoms with van der Waals surface area (Å²) in [5, 5.41) is 7.86. The van der Waals surface area contributed by atoms with E-state index in [0.29, 0.717) is 11.6 Å². The van der Waals surface area contributed by atoms with Gasteiger partial charge in [-0.1, -0.05) is 56.3 Å². The standard InChI is InChI=1S/C32H37N5O2/c1-20(2)25-10-6-7-11-28(25)36-18-17-27-26(19-36)31(23-13-15-24(16-14-23)34-32(33)38)37(35-27)30-22(5)9-8-12-29(30)39-21(3)4/h6-16,20-21H,17-19H2,1-5H3,(H3,33,34,38). The minimum atomic E-state index is -0.583. The minimum Gasteiger partial charge on any atom is -0.489 e. The summed E-state index contributed by atoms with van der Waals surface area (Å²) >= 11 is 0. The molecule has 1 aliphatic heterocycles. The number of fused-ring (bicyclic) bond motifs is 1. The van der Waals surface area contributed by atoms with Crippen LogP contribution >= 0.6 is 0 Å². The highest BCUT2D eigenvalue weighted by atomic mass is 16.5. The second-order valence-corrected chi connectivity index (χ2v) is 10.7. The molecule has 1 aliphatic rings. The molecule has 0 saturated heterocycles. The van der Waals surface area contributed by atoms with Crippen molar-refractivity contribution in [1.82, 2.24) is 9.78 Å². The maximum Gasteiger partial charge on any atom is 0.316 e. The number of nitrogens with zero attached hydrogens (tertiary/aromatic N) is 3. The number of rotatable bonds is 7. The lowest BCUT2D eigenvalue weighted by Crippen LogP contribution is -2.31. The molecule has 1 aromatic heterocycles. The Hall–Kier alpha value is -4.26. The van der Waals surface area contributed by atoms with E-state index >= 15 is 0 Å². The van der Waals surface area contributed by atoms with Gasteiger partial charge in [-0.25, -0.2) is 9.48 Å². The Morgan fingerprint density at radius 1 is 1.00 bits per heavy atom. The zero-order chi connectivity index (χ0) is 27.7. The number of aryl methyl sites for hydroxylation is 1. The molecule has 0 unspecified atom stereocenters. The second kappa shape index (κ2) is 10.8. The number of hydrogen-bond donors (Lipinski definition) is 2. The molecule has 0 fully saturated rings. The molecule has 7 heteroatoms. The Morgan fingerprint density at radius 3 is 2.44 bits per heavy atom. The zero-order valence-electron chi connectivity index (χ0n) is 23.4. The number of aromatic nitrogens is 2. The third kappa shape index (κ3) is 5.35. The van der Waals surface area contributed by atoms with Crippen LogP contribution in [0.5, 0.6) is 5.75 Å². The number of ether oxygens (including phenoxy) is 1. The van der Waals surface area contributed by atoms with Crippen LogP contribution in [0.4, 0.5) is 16.2 Å². The second-order valence-electron chi connectivity index (χ2n) is 10.7. The smallest absolute Gasteiger partial charge is 0.316 e. The molecule has 0 aliphatic carbocycles. The maximum atomic E-state index is 11.4. The number of carbonyl (C=O) groups excluding carboxylic acids is 1. The number of carbonyl (C=O) groups is 1. The van der Waals surface area contributed by atoms with Crippen LogP contribution in [0.2, 0.25) is 0 Å². The first-order valence-electron chi connectivity index (χ1n) is 13.6. The largest absolute Gasteiger partial charge is 0.489 e. The van der Waals surface area contributed by atoms with E-state index < -0.39 is 6.03 Å². The number of anilines is 2. The fourth-order valence-corrected chi connectivity index (χ4v) is 5.41. The molecule has 0 atom stereocenters. The molecule has 3 N–H and O–H groups in total.